The molecule has 1 aromatic heterocycles. The molecule has 0 radical (unpaired) electrons. The highest BCUT2D eigenvalue weighted by Crippen LogP contribution is 2.26. The van der Waals surface area contributed by atoms with Gasteiger partial charge >= 0.3 is 0 Å². The lowest BCUT2D eigenvalue weighted by Crippen LogP contribution is -2.48. The average Bonchev–Trinajstić information content (AvgIpc) is 3.02. The monoisotopic (exact) mass is 414 g/mol. The van der Waals surface area contributed by atoms with E-state index >= 15 is 0 Å². The summed E-state index contributed by atoms with van der Waals surface area (Å²) in [5.41, 5.74) is 4.45. The Bertz CT molecular complexity index is 893. The molecule has 2 aliphatic rings. The van der Waals surface area contributed by atoms with E-state index < -0.39 is 0 Å². The van der Waals surface area contributed by atoms with Crippen molar-refractivity contribution in [2.24, 2.45) is 0 Å². The molecule has 0 unspecified atom stereocenters. The van der Waals surface area contributed by atoms with E-state index in [-0.39, 0.29) is 5.91 Å². The van der Waals surface area contributed by atoms with Crippen molar-refractivity contribution in [3.63, 3.8) is 0 Å². The molecule has 0 bridgehead atoms. The van der Waals surface area contributed by atoms with Gasteiger partial charge < -0.3 is 9.80 Å². The number of nitrogens with zero attached hydrogens (tertiary/aromatic N) is 4. The summed E-state index contributed by atoms with van der Waals surface area (Å²) < 4.78 is 1.88. The van der Waals surface area contributed by atoms with Crippen LogP contribution in [0.5, 0.6) is 0 Å². The van der Waals surface area contributed by atoms with Gasteiger partial charge in [-0.2, -0.15) is 5.10 Å². The maximum atomic E-state index is 13.3. The molecule has 1 amide bonds. The highest BCUT2D eigenvalue weighted by Gasteiger charge is 2.30. The van der Waals surface area contributed by atoms with Crippen molar-refractivity contribution in [1.29, 1.82) is 0 Å². The van der Waals surface area contributed by atoms with Gasteiger partial charge in [-0.05, 0) is 83.3 Å². The molecule has 0 atom stereocenters. The fourth-order valence-corrected chi connectivity index (χ4v) is 5.15. The second-order valence-corrected chi connectivity index (χ2v) is 8.94. The molecule has 2 fully saturated rings. The Hall–Kier alpha value is -1.85. The van der Waals surface area contributed by atoms with E-state index in [1.165, 1.54) is 32.4 Å². The number of hydrogen-bond acceptors (Lipinski definition) is 3. The maximum Gasteiger partial charge on any atom is 0.257 e. The van der Waals surface area contributed by atoms with Gasteiger partial charge in [0.25, 0.3) is 5.91 Å². The Morgan fingerprint density at radius 2 is 1.72 bits per heavy atom. The Morgan fingerprint density at radius 1 is 1.03 bits per heavy atom. The van der Waals surface area contributed by atoms with Crippen molar-refractivity contribution in [3.8, 4) is 5.69 Å². The molecule has 0 saturated carbocycles. The van der Waals surface area contributed by atoms with E-state index in [2.05, 4.69) is 4.90 Å². The van der Waals surface area contributed by atoms with Gasteiger partial charge in [-0.1, -0.05) is 18.0 Å². The third-order valence-electron chi connectivity index (χ3n) is 6.55. The first-order chi connectivity index (χ1) is 14.0. The number of carbonyl (C=O) groups excluding carboxylic acids is 1. The van der Waals surface area contributed by atoms with Gasteiger partial charge in [0.1, 0.15) is 0 Å². The molecular formula is C23H31ClN4O. The lowest BCUT2D eigenvalue weighted by atomic mass is 9.99. The van der Waals surface area contributed by atoms with Crippen LogP contribution in [0.15, 0.2) is 18.2 Å². The normalized spacial score (nSPS) is 19.0. The Labute approximate surface area is 178 Å². The molecule has 6 heteroatoms. The molecule has 4 rings (SSSR count). The number of halogens is 1. The Kier molecular flexibility index (Phi) is 5.98. The Morgan fingerprint density at radius 3 is 2.38 bits per heavy atom. The molecule has 0 N–H and O–H groups in total. The van der Waals surface area contributed by atoms with Crippen LogP contribution < -0.4 is 0 Å². The SMILES string of the molecule is Cc1cc(Cl)ccc1-n1nc(C)c(C(=O)N2CCC(N3CCCCC3)CC2)c1C. The fourth-order valence-electron chi connectivity index (χ4n) is 4.92. The van der Waals surface area contributed by atoms with Crippen LogP contribution in [0.3, 0.4) is 0 Å². The summed E-state index contributed by atoms with van der Waals surface area (Å²) in [6.45, 7) is 10.1. The number of aryl methyl sites for hydroxylation is 2. The van der Waals surface area contributed by atoms with Crippen molar-refractivity contribution in [3.05, 3.63) is 45.7 Å². The fraction of sp³-hybridized carbons (Fsp3) is 0.565. The van der Waals surface area contributed by atoms with Gasteiger partial charge in [-0.3, -0.25) is 4.79 Å². The molecular weight excluding hydrogens is 384 g/mol. The lowest BCUT2D eigenvalue weighted by Gasteiger charge is -2.40. The van der Waals surface area contributed by atoms with Gasteiger partial charge in [0, 0.05) is 24.2 Å². The maximum absolute atomic E-state index is 13.3. The summed E-state index contributed by atoms with van der Waals surface area (Å²) in [7, 11) is 0. The predicted molar refractivity (Wildman–Crippen MR) is 117 cm³/mol. The van der Waals surface area contributed by atoms with E-state index in [1.54, 1.807) is 0 Å². The van der Waals surface area contributed by atoms with E-state index in [0.29, 0.717) is 11.1 Å². The second kappa shape index (κ2) is 8.49. The third kappa shape index (κ3) is 4.08. The number of benzene rings is 1. The largest absolute Gasteiger partial charge is 0.338 e. The highest BCUT2D eigenvalue weighted by molar-refractivity contribution is 6.30. The van der Waals surface area contributed by atoms with E-state index in [9.17, 15) is 4.79 Å². The Balaban J connectivity index is 1.50. The predicted octanol–water partition coefficient (Wildman–Crippen LogP) is 4.54. The van der Waals surface area contributed by atoms with Crippen molar-refractivity contribution in [1.82, 2.24) is 19.6 Å². The number of piperidine rings is 2. The highest BCUT2D eigenvalue weighted by atomic mass is 35.5. The van der Waals surface area contributed by atoms with Crippen LogP contribution in [0.2, 0.25) is 5.02 Å². The summed E-state index contributed by atoms with van der Waals surface area (Å²) in [6, 6.07) is 6.41. The first kappa shape index (κ1) is 20.4. The molecule has 2 aromatic rings. The van der Waals surface area contributed by atoms with Crippen LogP contribution in [-0.2, 0) is 0 Å². The van der Waals surface area contributed by atoms with Crippen molar-refractivity contribution in [2.75, 3.05) is 26.2 Å². The number of likely N-dealkylation sites (tertiary alicyclic amines) is 2. The second-order valence-electron chi connectivity index (χ2n) is 8.51. The summed E-state index contributed by atoms with van der Waals surface area (Å²) >= 11 is 6.11. The standard InChI is InChI=1S/C23H31ClN4O/c1-16-15-19(24)7-8-21(16)28-18(3)22(17(2)25-28)23(29)27-13-9-20(10-14-27)26-11-5-4-6-12-26/h7-8,15,20H,4-6,9-14H2,1-3H3. The number of carbonyl (C=O) groups is 1. The van der Waals surface area contributed by atoms with E-state index in [0.717, 1.165) is 54.1 Å². The zero-order valence-electron chi connectivity index (χ0n) is 17.7. The van der Waals surface area contributed by atoms with Crippen molar-refractivity contribution >= 4 is 17.5 Å². The van der Waals surface area contributed by atoms with Gasteiger partial charge in [0.05, 0.1) is 22.6 Å². The minimum absolute atomic E-state index is 0.120. The molecule has 0 aliphatic carbocycles. The molecule has 1 aromatic carbocycles. The summed E-state index contributed by atoms with van der Waals surface area (Å²) in [6.07, 6.45) is 6.16. The minimum atomic E-state index is 0.120. The van der Waals surface area contributed by atoms with Gasteiger partial charge in [0.15, 0.2) is 0 Å². The lowest BCUT2D eigenvalue weighted by molar-refractivity contribution is 0.0588. The van der Waals surface area contributed by atoms with Crippen LogP contribution in [0.1, 0.15) is 59.4 Å². The van der Waals surface area contributed by atoms with Gasteiger partial charge in [0.2, 0.25) is 0 Å². The van der Waals surface area contributed by atoms with Crippen LogP contribution in [0, 0.1) is 20.8 Å². The number of hydrogen-bond donors (Lipinski definition) is 0. The smallest absolute Gasteiger partial charge is 0.257 e. The minimum Gasteiger partial charge on any atom is -0.338 e. The molecule has 0 spiro atoms. The van der Waals surface area contributed by atoms with Crippen LogP contribution in [0.25, 0.3) is 5.69 Å². The van der Waals surface area contributed by atoms with Crippen molar-refractivity contribution in [2.45, 2.75) is 58.9 Å². The molecule has 2 aliphatic heterocycles. The number of rotatable bonds is 3. The molecule has 156 valence electrons. The van der Waals surface area contributed by atoms with Crippen molar-refractivity contribution < 1.29 is 4.79 Å². The van der Waals surface area contributed by atoms with Crippen LogP contribution in [-0.4, -0.2) is 57.7 Å². The van der Waals surface area contributed by atoms with Crippen LogP contribution in [0.4, 0.5) is 0 Å². The molecule has 3 heterocycles. The molecule has 29 heavy (non-hydrogen) atoms. The summed E-state index contributed by atoms with van der Waals surface area (Å²) in [5, 5.41) is 5.40. The summed E-state index contributed by atoms with van der Waals surface area (Å²) in [5.74, 6) is 0.120. The van der Waals surface area contributed by atoms with Gasteiger partial charge in [-0.25, -0.2) is 4.68 Å². The average molecular weight is 415 g/mol. The quantitative estimate of drug-likeness (QED) is 0.740. The zero-order valence-corrected chi connectivity index (χ0v) is 18.5. The zero-order chi connectivity index (χ0) is 20.5. The van der Waals surface area contributed by atoms with E-state index in [4.69, 9.17) is 16.7 Å². The van der Waals surface area contributed by atoms with E-state index in [1.807, 2.05) is 48.6 Å². The number of amides is 1. The summed E-state index contributed by atoms with van der Waals surface area (Å²) in [4.78, 5) is 18.0. The van der Waals surface area contributed by atoms with Gasteiger partial charge in [-0.15, -0.1) is 0 Å². The van der Waals surface area contributed by atoms with Crippen LogP contribution >= 0.6 is 11.6 Å². The topological polar surface area (TPSA) is 41.4 Å². The first-order valence-electron chi connectivity index (χ1n) is 10.8. The number of aromatic nitrogens is 2. The third-order valence-corrected chi connectivity index (χ3v) is 6.79. The molecule has 5 nitrogen and oxygen atoms in total. The first-order valence-corrected chi connectivity index (χ1v) is 11.2. The molecule has 2 saturated heterocycles.